The number of rotatable bonds is 6. The molecule has 0 bridgehead atoms. The summed E-state index contributed by atoms with van der Waals surface area (Å²) in [4.78, 5) is 14.6. The number of hydrogen-bond acceptors (Lipinski definition) is 4. The normalized spacial score (nSPS) is 23.9. The monoisotopic (exact) mass is 363 g/mol. The maximum Gasteiger partial charge on any atom is 0.311 e. The van der Waals surface area contributed by atoms with Crippen LogP contribution in [0.3, 0.4) is 0 Å². The smallest absolute Gasteiger partial charge is 0.311 e. The average molecular weight is 363 g/mol. The van der Waals surface area contributed by atoms with E-state index in [4.69, 9.17) is 4.74 Å². The molecule has 0 N–H and O–H groups in total. The molecule has 3 unspecified atom stereocenters. The van der Waals surface area contributed by atoms with Crippen LogP contribution in [0, 0.1) is 12.8 Å². The molecule has 1 aliphatic heterocycles. The molecule has 1 saturated heterocycles. The number of piperidine rings is 1. The minimum Gasteiger partial charge on any atom is -0.469 e. The predicted molar refractivity (Wildman–Crippen MR) is 102 cm³/mol. The van der Waals surface area contributed by atoms with E-state index in [1.165, 1.54) is 12.7 Å². The number of benzene rings is 1. The summed E-state index contributed by atoms with van der Waals surface area (Å²) >= 11 is 0.296. The number of allylic oxidation sites excluding steroid dienone is 1. The molecule has 3 atom stereocenters. The fraction of sp³-hybridized carbons (Fsp3) is 0.450. The van der Waals surface area contributed by atoms with Crippen LogP contribution in [0.2, 0.25) is 0 Å². The number of hydrogen-bond donors (Lipinski definition) is 0. The maximum atomic E-state index is 12.5. The Morgan fingerprint density at radius 2 is 2.08 bits per heavy atom. The molecule has 1 heterocycles. The first-order valence-corrected chi connectivity index (χ1v) is 9.35. The third-order valence-corrected chi connectivity index (χ3v) is 5.23. The molecule has 0 radical (unpaired) electrons. The summed E-state index contributed by atoms with van der Waals surface area (Å²) in [5.74, 6) is -0.0700. The lowest BCUT2D eigenvalue weighted by Gasteiger charge is -2.45. The zero-order valence-corrected chi connectivity index (χ0v) is 15.9. The summed E-state index contributed by atoms with van der Waals surface area (Å²) in [6.07, 6.45) is 4.43. The van der Waals surface area contributed by atoms with Gasteiger partial charge in [-0.15, -0.1) is 0 Å². The van der Waals surface area contributed by atoms with Crippen LogP contribution in [0.25, 0.3) is 0 Å². The predicted octanol–water partition coefficient (Wildman–Crippen LogP) is 4.65. The van der Waals surface area contributed by atoms with Gasteiger partial charge in [-0.25, -0.2) is 0 Å². The van der Waals surface area contributed by atoms with Crippen LogP contribution < -0.4 is 0 Å². The molecule has 1 fully saturated rings. The van der Waals surface area contributed by atoms with Gasteiger partial charge in [-0.3, -0.25) is 4.79 Å². The standard InChI is InChI=1S/C20H26FNO2S/c1-14-7-9-17(10-8-14)18-13-15(2)22(11-5-6-12-25-21)16(3)19(18)20(23)24-4/h5-10,16,18-19H,2,11-13H2,1,3-4H3/b6-5+. The molecule has 0 aliphatic carbocycles. The largest absolute Gasteiger partial charge is 0.469 e. The third kappa shape index (κ3) is 4.66. The highest BCUT2D eigenvalue weighted by atomic mass is 32.2. The molecule has 5 heteroatoms. The minimum atomic E-state index is -0.262. The van der Waals surface area contributed by atoms with Crippen molar-refractivity contribution in [2.24, 2.45) is 5.92 Å². The highest BCUT2D eigenvalue weighted by Gasteiger charge is 2.42. The molecule has 1 aliphatic rings. The van der Waals surface area contributed by atoms with Gasteiger partial charge in [-0.1, -0.05) is 48.6 Å². The second-order valence-corrected chi connectivity index (χ2v) is 7.03. The molecular formula is C20H26FNO2S. The summed E-state index contributed by atoms with van der Waals surface area (Å²) in [6.45, 7) is 8.92. The third-order valence-electron chi connectivity index (χ3n) is 4.91. The number of carbonyl (C=O) groups is 1. The molecule has 25 heavy (non-hydrogen) atoms. The summed E-state index contributed by atoms with van der Waals surface area (Å²) in [6, 6.07) is 8.28. The molecular weight excluding hydrogens is 337 g/mol. The van der Waals surface area contributed by atoms with Gasteiger partial charge in [0.25, 0.3) is 0 Å². The molecule has 136 valence electrons. The molecule has 2 rings (SSSR count). The zero-order chi connectivity index (χ0) is 18.4. The quantitative estimate of drug-likeness (QED) is 0.543. The van der Waals surface area contributed by atoms with Crippen molar-refractivity contribution in [2.45, 2.75) is 32.2 Å². The Kier molecular flexibility index (Phi) is 7.12. The van der Waals surface area contributed by atoms with Crippen LogP contribution in [-0.2, 0) is 9.53 Å². The van der Waals surface area contributed by atoms with Crippen LogP contribution in [0.4, 0.5) is 3.89 Å². The maximum absolute atomic E-state index is 12.5. The van der Waals surface area contributed by atoms with E-state index in [1.807, 2.05) is 19.9 Å². The van der Waals surface area contributed by atoms with Crippen LogP contribution in [0.5, 0.6) is 0 Å². The topological polar surface area (TPSA) is 29.5 Å². The Labute approximate surface area is 154 Å². The van der Waals surface area contributed by atoms with E-state index in [-0.39, 0.29) is 23.8 Å². The number of likely N-dealkylation sites (tertiary alicyclic amines) is 1. The van der Waals surface area contributed by atoms with Crippen LogP contribution in [0.15, 0.2) is 48.7 Å². The van der Waals surface area contributed by atoms with Crippen molar-refractivity contribution in [3.05, 3.63) is 59.8 Å². The van der Waals surface area contributed by atoms with Crippen molar-refractivity contribution in [3.63, 3.8) is 0 Å². The lowest BCUT2D eigenvalue weighted by molar-refractivity contribution is -0.149. The number of nitrogens with zero attached hydrogens (tertiary/aromatic N) is 1. The number of esters is 1. The van der Waals surface area contributed by atoms with E-state index in [0.29, 0.717) is 30.9 Å². The molecule has 0 aromatic heterocycles. The fourth-order valence-electron chi connectivity index (χ4n) is 3.54. The highest BCUT2D eigenvalue weighted by Crippen LogP contribution is 2.41. The fourth-order valence-corrected chi connectivity index (χ4v) is 3.75. The molecule has 0 spiro atoms. The Morgan fingerprint density at radius 3 is 2.68 bits per heavy atom. The molecule has 1 aromatic rings. The van der Waals surface area contributed by atoms with E-state index in [9.17, 15) is 8.68 Å². The number of ether oxygens (including phenoxy) is 1. The van der Waals surface area contributed by atoms with Gasteiger partial charge in [0.1, 0.15) is 0 Å². The van der Waals surface area contributed by atoms with E-state index in [0.717, 1.165) is 11.3 Å². The number of methoxy groups -OCH3 is 1. The van der Waals surface area contributed by atoms with Gasteiger partial charge in [0.15, 0.2) is 0 Å². The Balaban J connectivity index is 2.26. The first kappa shape index (κ1) is 19.6. The van der Waals surface area contributed by atoms with Crippen LogP contribution in [-0.4, -0.2) is 36.3 Å². The van der Waals surface area contributed by atoms with Gasteiger partial charge in [-0.2, -0.15) is 3.89 Å². The van der Waals surface area contributed by atoms with E-state index >= 15 is 0 Å². The minimum absolute atomic E-state index is 0.0392. The van der Waals surface area contributed by atoms with Crippen molar-refractivity contribution in [2.75, 3.05) is 19.4 Å². The molecule has 3 nitrogen and oxygen atoms in total. The highest BCUT2D eigenvalue weighted by molar-refractivity contribution is 7.94. The summed E-state index contributed by atoms with van der Waals surface area (Å²) in [7, 11) is 1.44. The van der Waals surface area contributed by atoms with Gasteiger partial charge in [-0.05, 0) is 25.8 Å². The van der Waals surface area contributed by atoms with Gasteiger partial charge in [0.05, 0.1) is 13.0 Å². The number of aryl methyl sites for hydroxylation is 1. The summed E-state index contributed by atoms with van der Waals surface area (Å²) in [5.41, 5.74) is 3.33. The second-order valence-electron chi connectivity index (χ2n) is 6.48. The summed E-state index contributed by atoms with van der Waals surface area (Å²) in [5, 5.41) is 0. The SMILES string of the molecule is C=C1CC(c2ccc(C)cc2)C(C(=O)OC)C(C)N1C/C=C/CSF. The average Bonchev–Trinajstić information content (AvgIpc) is 2.60. The van der Waals surface area contributed by atoms with Crippen molar-refractivity contribution >= 4 is 18.1 Å². The van der Waals surface area contributed by atoms with Crippen molar-refractivity contribution < 1.29 is 13.4 Å². The van der Waals surface area contributed by atoms with Gasteiger partial charge in [0.2, 0.25) is 0 Å². The second kappa shape index (κ2) is 9.09. The lowest BCUT2D eigenvalue weighted by atomic mass is 9.75. The van der Waals surface area contributed by atoms with Crippen molar-refractivity contribution in [1.82, 2.24) is 4.90 Å². The van der Waals surface area contributed by atoms with Gasteiger partial charge >= 0.3 is 5.97 Å². The lowest BCUT2D eigenvalue weighted by Crippen LogP contribution is -2.48. The van der Waals surface area contributed by atoms with Crippen molar-refractivity contribution in [1.29, 1.82) is 0 Å². The first-order chi connectivity index (χ1) is 12.0. The van der Waals surface area contributed by atoms with E-state index in [2.05, 4.69) is 35.7 Å². The first-order valence-electron chi connectivity index (χ1n) is 8.47. The molecule has 0 amide bonds. The van der Waals surface area contributed by atoms with Crippen molar-refractivity contribution in [3.8, 4) is 0 Å². The van der Waals surface area contributed by atoms with Crippen LogP contribution in [0.1, 0.15) is 30.4 Å². The molecule has 0 saturated carbocycles. The van der Waals surface area contributed by atoms with Gasteiger partial charge < -0.3 is 9.64 Å². The Bertz CT molecular complexity index is 629. The summed E-state index contributed by atoms with van der Waals surface area (Å²) < 4.78 is 17.3. The Hall–Kier alpha value is -1.75. The van der Waals surface area contributed by atoms with Crippen LogP contribution >= 0.6 is 12.1 Å². The zero-order valence-electron chi connectivity index (χ0n) is 15.1. The van der Waals surface area contributed by atoms with E-state index < -0.39 is 0 Å². The van der Waals surface area contributed by atoms with Gasteiger partial charge in [0, 0.05) is 42.1 Å². The number of carbonyl (C=O) groups excluding carboxylic acids is 1. The number of halogens is 1. The molecule has 1 aromatic carbocycles. The van der Waals surface area contributed by atoms with E-state index in [1.54, 1.807) is 6.08 Å². The Morgan fingerprint density at radius 1 is 1.40 bits per heavy atom.